The van der Waals surface area contributed by atoms with Gasteiger partial charge in [0.1, 0.15) is 19.3 Å². The molecule has 34 heavy (non-hydrogen) atoms. The highest BCUT2D eigenvalue weighted by Crippen LogP contribution is 2.29. The molecule has 1 aliphatic heterocycles. The van der Waals surface area contributed by atoms with E-state index in [0.717, 1.165) is 44.2 Å². The summed E-state index contributed by atoms with van der Waals surface area (Å²) in [5.74, 6) is 2.78. The molecule has 0 saturated carbocycles. The van der Waals surface area contributed by atoms with E-state index >= 15 is 0 Å². The second-order valence-corrected chi connectivity index (χ2v) is 8.33. The highest BCUT2D eigenvalue weighted by Gasteiger charge is 2.14. The second kappa shape index (κ2) is 14.0. The number of aliphatic hydroxyl groups excluding tert-OH is 1. The molecule has 3 rings (SSSR count). The molecular weight excluding hydrogens is 436 g/mol. The van der Waals surface area contributed by atoms with E-state index in [1.807, 2.05) is 56.4 Å². The summed E-state index contributed by atoms with van der Waals surface area (Å²) in [4.78, 5) is 4.39. The molecule has 0 aromatic heterocycles. The normalized spacial score (nSPS) is 15.2. The Morgan fingerprint density at radius 1 is 1.00 bits per heavy atom. The summed E-state index contributed by atoms with van der Waals surface area (Å²) in [6, 6.07) is 13.5. The number of methoxy groups -OCH3 is 1. The maximum atomic E-state index is 10.5. The van der Waals surface area contributed by atoms with Crippen LogP contribution in [0.1, 0.15) is 12.5 Å². The number of rotatable bonds is 14. The largest absolute Gasteiger partial charge is 0.493 e. The van der Waals surface area contributed by atoms with Gasteiger partial charge < -0.3 is 28.8 Å². The van der Waals surface area contributed by atoms with Crippen LogP contribution in [0.3, 0.4) is 0 Å². The first-order chi connectivity index (χ1) is 16.6. The molecule has 1 heterocycles. The zero-order chi connectivity index (χ0) is 24.2. The fourth-order valence-electron chi connectivity index (χ4n) is 3.86. The standard InChI is InChI=1S/C26H38N2O6/c1-4-32-23-7-5-6-8-24(23)34-20-22(29)19-27(2)18-21-9-10-25(26(17-21)30-3)33-16-13-28-11-14-31-15-12-28/h5-10,17,22,29H,4,11-16,18-20H2,1-3H3. The molecule has 8 heteroatoms. The molecule has 188 valence electrons. The van der Waals surface area contributed by atoms with Crippen molar-refractivity contribution in [2.24, 2.45) is 0 Å². The number of benzene rings is 2. The first-order valence-corrected chi connectivity index (χ1v) is 11.9. The summed E-state index contributed by atoms with van der Waals surface area (Å²) in [5, 5.41) is 10.5. The van der Waals surface area contributed by atoms with Gasteiger partial charge >= 0.3 is 0 Å². The third-order valence-electron chi connectivity index (χ3n) is 5.55. The average molecular weight is 475 g/mol. The topological polar surface area (TPSA) is 72.9 Å². The van der Waals surface area contributed by atoms with Crippen LogP contribution in [0.2, 0.25) is 0 Å². The van der Waals surface area contributed by atoms with Gasteiger partial charge in [-0.1, -0.05) is 18.2 Å². The van der Waals surface area contributed by atoms with Gasteiger partial charge in [-0.15, -0.1) is 0 Å². The number of hydrogen-bond donors (Lipinski definition) is 1. The smallest absolute Gasteiger partial charge is 0.161 e. The van der Waals surface area contributed by atoms with E-state index in [9.17, 15) is 5.11 Å². The van der Waals surface area contributed by atoms with Crippen LogP contribution in [0.15, 0.2) is 42.5 Å². The summed E-state index contributed by atoms with van der Waals surface area (Å²) in [6.45, 7) is 8.75. The van der Waals surface area contributed by atoms with Gasteiger partial charge in [0.15, 0.2) is 23.0 Å². The molecule has 0 amide bonds. The average Bonchev–Trinajstić information content (AvgIpc) is 2.85. The predicted molar refractivity (Wildman–Crippen MR) is 131 cm³/mol. The van der Waals surface area contributed by atoms with Crippen LogP contribution in [0.4, 0.5) is 0 Å². The van der Waals surface area contributed by atoms with Crippen molar-refractivity contribution >= 4 is 0 Å². The number of likely N-dealkylation sites (N-methyl/N-ethyl adjacent to an activating group) is 1. The van der Waals surface area contributed by atoms with Crippen molar-refractivity contribution in [1.82, 2.24) is 9.80 Å². The molecule has 1 N–H and O–H groups in total. The van der Waals surface area contributed by atoms with Crippen molar-refractivity contribution in [3.63, 3.8) is 0 Å². The van der Waals surface area contributed by atoms with Crippen LogP contribution in [0, 0.1) is 0 Å². The summed E-state index contributed by atoms with van der Waals surface area (Å²) in [6.07, 6.45) is -0.635. The third-order valence-corrected chi connectivity index (χ3v) is 5.55. The lowest BCUT2D eigenvalue weighted by molar-refractivity contribution is 0.0321. The van der Waals surface area contributed by atoms with Crippen LogP contribution < -0.4 is 18.9 Å². The fourth-order valence-corrected chi connectivity index (χ4v) is 3.86. The first kappa shape index (κ1) is 26.1. The highest BCUT2D eigenvalue weighted by molar-refractivity contribution is 5.43. The first-order valence-electron chi connectivity index (χ1n) is 11.9. The summed E-state index contributed by atoms with van der Waals surface area (Å²) < 4.78 is 28.3. The maximum absolute atomic E-state index is 10.5. The van der Waals surface area contributed by atoms with E-state index < -0.39 is 6.10 Å². The van der Waals surface area contributed by atoms with Crippen LogP contribution in [0.5, 0.6) is 23.0 Å². The Balaban J connectivity index is 1.44. The molecule has 0 bridgehead atoms. The molecule has 1 fully saturated rings. The van der Waals surface area contributed by atoms with Crippen molar-refractivity contribution in [3.05, 3.63) is 48.0 Å². The predicted octanol–water partition coefficient (Wildman–Crippen LogP) is 2.68. The monoisotopic (exact) mass is 474 g/mol. The lowest BCUT2D eigenvalue weighted by atomic mass is 10.2. The molecule has 1 atom stereocenters. The number of ether oxygens (including phenoxy) is 5. The van der Waals surface area contributed by atoms with E-state index in [1.165, 1.54) is 0 Å². The summed E-state index contributed by atoms with van der Waals surface area (Å²) in [7, 11) is 3.62. The highest BCUT2D eigenvalue weighted by atomic mass is 16.5. The minimum atomic E-state index is -0.635. The van der Waals surface area contributed by atoms with Gasteiger partial charge in [0.2, 0.25) is 0 Å². The Bertz CT molecular complexity index is 859. The lowest BCUT2D eigenvalue weighted by Crippen LogP contribution is -2.38. The van der Waals surface area contributed by atoms with Crippen LogP contribution in [-0.2, 0) is 11.3 Å². The lowest BCUT2D eigenvalue weighted by Gasteiger charge is -2.26. The van der Waals surface area contributed by atoms with Crippen LogP contribution in [-0.4, -0.2) is 94.4 Å². The van der Waals surface area contributed by atoms with Gasteiger partial charge in [0, 0.05) is 32.7 Å². The molecule has 1 saturated heterocycles. The number of hydrogen-bond acceptors (Lipinski definition) is 8. The van der Waals surface area contributed by atoms with E-state index in [-0.39, 0.29) is 6.61 Å². The van der Waals surface area contributed by atoms with E-state index in [2.05, 4.69) is 9.80 Å². The van der Waals surface area contributed by atoms with Gasteiger partial charge in [-0.3, -0.25) is 9.80 Å². The van der Waals surface area contributed by atoms with Gasteiger partial charge in [-0.2, -0.15) is 0 Å². The number of nitrogens with zero attached hydrogens (tertiary/aromatic N) is 2. The van der Waals surface area contributed by atoms with Gasteiger partial charge in [0.25, 0.3) is 0 Å². The van der Waals surface area contributed by atoms with Crippen molar-refractivity contribution in [3.8, 4) is 23.0 Å². The van der Waals surface area contributed by atoms with E-state index in [1.54, 1.807) is 7.11 Å². The minimum Gasteiger partial charge on any atom is -0.493 e. The van der Waals surface area contributed by atoms with Gasteiger partial charge in [-0.25, -0.2) is 0 Å². The molecule has 2 aromatic carbocycles. The quantitative estimate of drug-likeness (QED) is 0.448. The molecular formula is C26H38N2O6. The molecule has 1 aliphatic rings. The second-order valence-electron chi connectivity index (χ2n) is 8.33. The van der Waals surface area contributed by atoms with Gasteiger partial charge in [-0.05, 0) is 43.8 Å². The molecule has 0 spiro atoms. The van der Waals surface area contributed by atoms with Crippen LogP contribution >= 0.6 is 0 Å². The van der Waals surface area contributed by atoms with Crippen molar-refractivity contribution < 1.29 is 28.8 Å². The SMILES string of the molecule is CCOc1ccccc1OCC(O)CN(C)Cc1ccc(OCCN2CCOCC2)c(OC)c1. The molecule has 2 aromatic rings. The van der Waals surface area contributed by atoms with Gasteiger partial charge in [0.05, 0.1) is 26.9 Å². The molecule has 0 radical (unpaired) electrons. The van der Waals surface area contributed by atoms with Crippen LogP contribution in [0.25, 0.3) is 0 Å². The van der Waals surface area contributed by atoms with Crippen molar-refractivity contribution in [1.29, 1.82) is 0 Å². The summed E-state index contributed by atoms with van der Waals surface area (Å²) in [5.41, 5.74) is 1.08. The zero-order valence-corrected chi connectivity index (χ0v) is 20.6. The minimum absolute atomic E-state index is 0.188. The van der Waals surface area contributed by atoms with E-state index in [0.29, 0.717) is 43.6 Å². The Morgan fingerprint density at radius 2 is 1.71 bits per heavy atom. The zero-order valence-electron chi connectivity index (χ0n) is 20.6. The fraction of sp³-hybridized carbons (Fsp3) is 0.538. The third kappa shape index (κ3) is 8.36. The maximum Gasteiger partial charge on any atom is 0.161 e. The number of morpholine rings is 1. The Labute approximate surface area is 202 Å². The molecule has 0 aliphatic carbocycles. The van der Waals surface area contributed by atoms with Crippen molar-refractivity contribution in [2.45, 2.75) is 19.6 Å². The Hall–Kier alpha value is -2.52. The molecule has 8 nitrogen and oxygen atoms in total. The Kier molecular flexibility index (Phi) is 10.8. The molecule has 1 unspecified atom stereocenters. The number of para-hydroxylation sites is 2. The van der Waals surface area contributed by atoms with Crippen molar-refractivity contribution in [2.75, 3.05) is 73.4 Å². The summed E-state index contributed by atoms with van der Waals surface area (Å²) >= 11 is 0. The number of aliphatic hydroxyl groups is 1. The van der Waals surface area contributed by atoms with E-state index in [4.69, 9.17) is 23.7 Å². The Morgan fingerprint density at radius 3 is 2.41 bits per heavy atom.